The van der Waals surface area contributed by atoms with Gasteiger partial charge in [0.15, 0.2) is 11.4 Å². The summed E-state index contributed by atoms with van der Waals surface area (Å²) in [4.78, 5) is 42.6. The number of aliphatic hydroxyl groups is 3. The molecule has 0 radical (unpaired) electrons. The van der Waals surface area contributed by atoms with E-state index in [0.29, 0.717) is 11.3 Å². The van der Waals surface area contributed by atoms with Crippen molar-refractivity contribution in [1.82, 2.24) is 4.90 Å². The number of nitrogens with two attached hydrogens (primary N) is 1. The van der Waals surface area contributed by atoms with Crippen molar-refractivity contribution in [3.05, 3.63) is 39.7 Å². The smallest absolute Gasteiger partial charge is 0.255 e. The Morgan fingerprint density at radius 1 is 1.13 bits per heavy atom. The molecule has 0 saturated heterocycles. The summed E-state index contributed by atoms with van der Waals surface area (Å²) in [5.41, 5.74) is 2.85. The summed E-state index contributed by atoms with van der Waals surface area (Å²) in [7, 11) is 6.75. The SMILES string of the molecule is CN(C)c1cc(C#CC(C)(C)C)c(O)c2c1CC1CC3C(N(C)C)C(=O)C(C(N)=O)=C(O)C3(O)C(=O)C1=C2O. The van der Waals surface area contributed by atoms with Crippen LogP contribution in [0.5, 0.6) is 5.75 Å². The number of hydrogen-bond donors (Lipinski definition) is 5. The fraction of sp³-hybridized carbons (Fsp3) is 0.483. The molecule has 1 amide bonds. The van der Waals surface area contributed by atoms with Gasteiger partial charge in [-0.05, 0) is 65.3 Å². The van der Waals surface area contributed by atoms with Crippen molar-refractivity contribution in [2.24, 2.45) is 23.0 Å². The zero-order chi connectivity index (χ0) is 29.4. The lowest BCUT2D eigenvalue weighted by Crippen LogP contribution is -2.65. The van der Waals surface area contributed by atoms with E-state index >= 15 is 0 Å². The second-order valence-corrected chi connectivity index (χ2v) is 12.0. The van der Waals surface area contributed by atoms with Crippen molar-refractivity contribution in [1.29, 1.82) is 0 Å². The number of Topliss-reactive ketones (excluding diaryl/α,β-unsaturated/α-hetero) is 2. The zero-order valence-electron chi connectivity index (χ0n) is 23.2. The van der Waals surface area contributed by atoms with E-state index in [4.69, 9.17) is 5.73 Å². The summed E-state index contributed by atoms with van der Waals surface area (Å²) >= 11 is 0. The molecule has 0 heterocycles. The molecule has 4 atom stereocenters. The summed E-state index contributed by atoms with van der Waals surface area (Å²) < 4.78 is 0. The third-order valence-corrected chi connectivity index (χ3v) is 7.75. The lowest BCUT2D eigenvalue weighted by molar-refractivity contribution is -0.153. The maximum absolute atomic E-state index is 14.0. The number of aliphatic hydroxyl groups excluding tert-OH is 2. The van der Waals surface area contributed by atoms with Crippen molar-refractivity contribution >= 4 is 28.9 Å². The van der Waals surface area contributed by atoms with Crippen LogP contribution in [0.4, 0.5) is 5.69 Å². The predicted molar refractivity (Wildman–Crippen MR) is 145 cm³/mol. The number of benzene rings is 1. The Labute approximate surface area is 227 Å². The number of likely N-dealkylation sites (N-methyl/N-ethyl adjacent to an activating group) is 1. The van der Waals surface area contributed by atoms with Gasteiger partial charge in [0.05, 0.1) is 17.2 Å². The lowest BCUT2D eigenvalue weighted by atomic mass is 9.57. The molecule has 6 N–H and O–H groups in total. The number of nitrogens with zero attached hydrogens (tertiary/aromatic N) is 2. The van der Waals surface area contributed by atoms with Gasteiger partial charge in [-0.3, -0.25) is 19.3 Å². The molecule has 208 valence electrons. The fourth-order valence-electron chi connectivity index (χ4n) is 6.04. The summed E-state index contributed by atoms with van der Waals surface area (Å²) in [6.07, 6.45) is 0.244. The van der Waals surface area contributed by atoms with Crippen molar-refractivity contribution < 1.29 is 34.8 Å². The normalized spacial score (nSPS) is 26.5. The van der Waals surface area contributed by atoms with E-state index in [-0.39, 0.29) is 40.7 Å². The molecule has 3 aliphatic carbocycles. The van der Waals surface area contributed by atoms with Crippen molar-refractivity contribution in [2.45, 2.75) is 45.3 Å². The molecular formula is C29H35N3O7. The second-order valence-electron chi connectivity index (χ2n) is 12.0. The number of carbonyl (C=O) groups excluding carboxylic acids is 3. The number of hydrogen-bond acceptors (Lipinski definition) is 9. The van der Waals surface area contributed by atoms with Crippen LogP contribution in [-0.4, -0.2) is 82.6 Å². The zero-order valence-corrected chi connectivity index (χ0v) is 23.2. The Balaban J connectivity index is 2.01. The number of aromatic hydroxyl groups is 1. The van der Waals surface area contributed by atoms with E-state index in [1.54, 1.807) is 20.2 Å². The van der Waals surface area contributed by atoms with Gasteiger partial charge in [0.2, 0.25) is 5.78 Å². The van der Waals surface area contributed by atoms with E-state index in [9.17, 15) is 34.8 Å². The third-order valence-electron chi connectivity index (χ3n) is 7.75. The van der Waals surface area contributed by atoms with E-state index in [1.165, 1.54) is 4.90 Å². The van der Waals surface area contributed by atoms with E-state index in [0.717, 1.165) is 0 Å². The Hall–Kier alpha value is -3.81. The number of amides is 1. The van der Waals surface area contributed by atoms with Crippen LogP contribution in [0.15, 0.2) is 23.0 Å². The number of phenolic OH excluding ortho intramolecular Hbond substituents is 1. The molecule has 0 aromatic heterocycles. The topological polar surface area (TPSA) is 165 Å². The fourth-order valence-corrected chi connectivity index (χ4v) is 6.04. The van der Waals surface area contributed by atoms with E-state index in [2.05, 4.69) is 11.8 Å². The molecule has 39 heavy (non-hydrogen) atoms. The molecule has 1 fully saturated rings. The molecule has 4 unspecified atom stereocenters. The van der Waals surface area contributed by atoms with Crippen LogP contribution in [0.25, 0.3) is 5.76 Å². The highest BCUT2D eigenvalue weighted by Gasteiger charge is 2.64. The Morgan fingerprint density at radius 3 is 2.26 bits per heavy atom. The minimum absolute atomic E-state index is 0.0238. The van der Waals surface area contributed by atoms with Gasteiger partial charge in [0.1, 0.15) is 22.8 Å². The first-order chi connectivity index (χ1) is 17.9. The van der Waals surface area contributed by atoms with E-state index < -0.39 is 58.0 Å². The van der Waals surface area contributed by atoms with Gasteiger partial charge in [-0.15, -0.1) is 0 Å². The molecule has 3 aliphatic rings. The number of fused-ring (bicyclic) bond motifs is 3. The van der Waals surface area contributed by atoms with Gasteiger partial charge < -0.3 is 31.1 Å². The average molecular weight is 538 g/mol. The molecule has 1 saturated carbocycles. The molecule has 10 nitrogen and oxygen atoms in total. The molecule has 10 heteroatoms. The summed E-state index contributed by atoms with van der Waals surface area (Å²) in [6, 6.07) is 0.603. The summed E-state index contributed by atoms with van der Waals surface area (Å²) in [5.74, 6) is -0.777. The maximum atomic E-state index is 14.0. The Morgan fingerprint density at radius 2 is 1.74 bits per heavy atom. The predicted octanol–water partition coefficient (Wildman–Crippen LogP) is 1.43. The van der Waals surface area contributed by atoms with Gasteiger partial charge in [0, 0.05) is 36.7 Å². The van der Waals surface area contributed by atoms with Crippen LogP contribution in [-0.2, 0) is 20.8 Å². The van der Waals surface area contributed by atoms with Crippen LogP contribution in [0, 0.1) is 29.1 Å². The Bertz CT molecular complexity index is 1440. The number of primary amides is 1. The highest BCUT2D eigenvalue weighted by Crippen LogP contribution is 2.54. The van der Waals surface area contributed by atoms with Gasteiger partial charge in [-0.1, -0.05) is 11.8 Å². The molecule has 0 spiro atoms. The molecular weight excluding hydrogens is 502 g/mol. The number of anilines is 1. The number of ketones is 2. The first kappa shape index (κ1) is 28.2. The van der Waals surface area contributed by atoms with Crippen LogP contribution >= 0.6 is 0 Å². The molecule has 1 aromatic rings. The Kier molecular flexibility index (Phi) is 6.61. The number of carbonyl (C=O) groups is 3. The number of phenols is 1. The van der Waals surface area contributed by atoms with Crippen LogP contribution in [0.1, 0.15) is 43.9 Å². The summed E-state index contributed by atoms with van der Waals surface area (Å²) in [6.45, 7) is 5.75. The van der Waals surface area contributed by atoms with E-state index in [1.807, 2.05) is 39.8 Å². The molecule has 4 rings (SSSR count). The van der Waals surface area contributed by atoms with Crippen LogP contribution < -0.4 is 10.6 Å². The highest BCUT2D eigenvalue weighted by molar-refractivity contribution is 6.24. The van der Waals surface area contributed by atoms with Gasteiger partial charge >= 0.3 is 0 Å². The lowest BCUT2D eigenvalue weighted by Gasteiger charge is -2.50. The monoisotopic (exact) mass is 537 g/mol. The first-order valence-electron chi connectivity index (χ1n) is 12.7. The minimum Gasteiger partial charge on any atom is -0.508 e. The molecule has 0 bridgehead atoms. The average Bonchev–Trinajstić information content (AvgIpc) is 2.79. The van der Waals surface area contributed by atoms with Crippen LogP contribution in [0.3, 0.4) is 0 Å². The van der Waals surface area contributed by atoms with Crippen molar-refractivity contribution in [2.75, 3.05) is 33.1 Å². The molecule has 0 aliphatic heterocycles. The first-order valence-corrected chi connectivity index (χ1v) is 12.7. The van der Waals surface area contributed by atoms with Crippen LogP contribution in [0.2, 0.25) is 0 Å². The molecule has 1 aromatic carbocycles. The standard InChI is InChI=1S/C29H35N3O7/c1-28(2,3)9-8-13-12-17(31(4)5)15-10-14-11-16-21(32(6)7)24(35)20(27(30)38)26(37)29(16,39)25(36)18(14)23(34)19(15)22(13)33/h12,14,16,21,33-34,37,39H,10-11H2,1-7H3,(H2,30,38). The largest absolute Gasteiger partial charge is 0.508 e. The maximum Gasteiger partial charge on any atom is 0.255 e. The number of rotatable bonds is 3. The van der Waals surface area contributed by atoms with Crippen molar-refractivity contribution in [3.63, 3.8) is 0 Å². The van der Waals surface area contributed by atoms with Gasteiger partial charge in [-0.2, -0.15) is 0 Å². The van der Waals surface area contributed by atoms with Crippen molar-refractivity contribution in [3.8, 4) is 17.6 Å². The third kappa shape index (κ3) is 4.17. The van der Waals surface area contributed by atoms with Gasteiger partial charge in [-0.25, -0.2) is 0 Å². The highest BCUT2D eigenvalue weighted by atomic mass is 16.3. The minimum atomic E-state index is -2.67. The summed E-state index contributed by atoms with van der Waals surface area (Å²) in [5, 5.41) is 45.5. The van der Waals surface area contributed by atoms with Gasteiger partial charge in [0.25, 0.3) is 5.91 Å². The second kappa shape index (κ2) is 9.14. The quantitative estimate of drug-likeness (QED) is 0.283.